The van der Waals surface area contributed by atoms with Gasteiger partial charge in [0.2, 0.25) is 0 Å². The lowest BCUT2D eigenvalue weighted by molar-refractivity contribution is 0.0813. The third-order valence-electron chi connectivity index (χ3n) is 2.50. The molecule has 5 nitrogen and oxygen atoms in total. The lowest BCUT2D eigenvalue weighted by atomic mass is 10.0. The molecule has 0 aromatic heterocycles. The predicted molar refractivity (Wildman–Crippen MR) is 66.3 cm³/mol. The van der Waals surface area contributed by atoms with Crippen LogP contribution in [0.5, 0.6) is 0 Å². The van der Waals surface area contributed by atoms with E-state index in [1.165, 1.54) is 4.90 Å². The minimum absolute atomic E-state index is 0.00570. The van der Waals surface area contributed by atoms with Crippen LogP contribution in [0.2, 0.25) is 0 Å². The SMILES string of the molecule is Cc1ccc(C)c(C(=O)N(C)CC(N)=NO)c1. The number of carbonyl (C=O) groups is 1. The first kappa shape index (κ1) is 13.0. The van der Waals surface area contributed by atoms with Crippen LogP contribution >= 0.6 is 0 Å². The fourth-order valence-corrected chi connectivity index (χ4v) is 1.52. The van der Waals surface area contributed by atoms with E-state index in [0.29, 0.717) is 5.56 Å². The number of aryl methyl sites for hydroxylation is 2. The van der Waals surface area contributed by atoms with Crippen LogP contribution in [0, 0.1) is 13.8 Å². The third kappa shape index (κ3) is 3.21. The maximum atomic E-state index is 12.1. The summed E-state index contributed by atoms with van der Waals surface area (Å²) in [6.45, 7) is 3.91. The molecule has 0 aliphatic rings. The number of nitrogens with zero attached hydrogens (tertiary/aromatic N) is 2. The number of carbonyl (C=O) groups excluding carboxylic acids is 1. The Morgan fingerprint density at radius 2 is 2.12 bits per heavy atom. The molecule has 0 spiro atoms. The van der Waals surface area contributed by atoms with Crippen molar-refractivity contribution in [2.75, 3.05) is 13.6 Å². The maximum Gasteiger partial charge on any atom is 0.254 e. The van der Waals surface area contributed by atoms with Crippen LogP contribution in [0.1, 0.15) is 21.5 Å². The number of hydrogen-bond acceptors (Lipinski definition) is 3. The second kappa shape index (κ2) is 5.34. The molecule has 0 atom stereocenters. The Labute approximate surface area is 101 Å². The van der Waals surface area contributed by atoms with E-state index in [4.69, 9.17) is 10.9 Å². The molecule has 0 heterocycles. The van der Waals surface area contributed by atoms with Crippen molar-refractivity contribution in [3.8, 4) is 0 Å². The van der Waals surface area contributed by atoms with Gasteiger partial charge in [-0.15, -0.1) is 0 Å². The van der Waals surface area contributed by atoms with E-state index in [-0.39, 0.29) is 18.3 Å². The first-order valence-corrected chi connectivity index (χ1v) is 5.25. The summed E-state index contributed by atoms with van der Waals surface area (Å²) in [5.41, 5.74) is 7.93. The van der Waals surface area contributed by atoms with Gasteiger partial charge in [0.15, 0.2) is 5.84 Å². The molecular formula is C12H17N3O2. The van der Waals surface area contributed by atoms with Gasteiger partial charge in [0, 0.05) is 12.6 Å². The van der Waals surface area contributed by atoms with Gasteiger partial charge in [0.25, 0.3) is 5.91 Å². The normalized spacial score (nSPS) is 11.4. The molecule has 0 fully saturated rings. The van der Waals surface area contributed by atoms with E-state index >= 15 is 0 Å². The first-order valence-electron chi connectivity index (χ1n) is 5.25. The molecule has 1 aromatic carbocycles. The van der Waals surface area contributed by atoms with Crippen LogP contribution in [-0.2, 0) is 0 Å². The van der Waals surface area contributed by atoms with Gasteiger partial charge >= 0.3 is 0 Å². The number of amidine groups is 1. The standard InChI is InChI=1S/C12H17N3O2/c1-8-4-5-9(2)10(6-8)12(16)15(3)7-11(13)14-17/h4-6,17H,7H2,1-3H3,(H2,13,14). The van der Waals surface area contributed by atoms with Gasteiger partial charge < -0.3 is 15.8 Å². The van der Waals surface area contributed by atoms with Crippen LogP contribution in [0.3, 0.4) is 0 Å². The van der Waals surface area contributed by atoms with Crippen molar-refractivity contribution in [3.05, 3.63) is 34.9 Å². The van der Waals surface area contributed by atoms with Crippen molar-refractivity contribution in [1.82, 2.24) is 4.90 Å². The van der Waals surface area contributed by atoms with Gasteiger partial charge in [-0.05, 0) is 25.5 Å². The monoisotopic (exact) mass is 235 g/mol. The van der Waals surface area contributed by atoms with Crippen molar-refractivity contribution < 1.29 is 10.0 Å². The summed E-state index contributed by atoms with van der Waals surface area (Å²) < 4.78 is 0. The second-order valence-electron chi connectivity index (χ2n) is 4.07. The number of nitrogens with two attached hydrogens (primary N) is 1. The Morgan fingerprint density at radius 3 is 2.71 bits per heavy atom. The fraction of sp³-hybridized carbons (Fsp3) is 0.333. The van der Waals surface area contributed by atoms with Crippen LogP contribution < -0.4 is 5.73 Å². The van der Waals surface area contributed by atoms with Crippen molar-refractivity contribution >= 4 is 11.7 Å². The molecule has 1 aromatic rings. The lowest BCUT2D eigenvalue weighted by Gasteiger charge is -2.17. The largest absolute Gasteiger partial charge is 0.409 e. The molecule has 1 amide bonds. The maximum absolute atomic E-state index is 12.1. The predicted octanol–water partition coefficient (Wildman–Crippen LogP) is 1.12. The highest BCUT2D eigenvalue weighted by molar-refractivity contribution is 5.98. The van der Waals surface area contributed by atoms with Crippen LogP contribution in [0.15, 0.2) is 23.4 Å². The molecule has 3 N–H and O–H groups in total. The smallest absolute Gasteiger partial charge is 0.254 e. The van der Waals surface area contributed by atoms with Crippen molar-refractivity contribution in [1.29, 1.82) is 0 Å². The van der Waals surface area contributed by atoms with Gasteiger partial charge in [0.05, 0.1) is 6.54 Å². The van der Waals surface area contributed by atoms with Gasteiger partial charge in [-0.1, -0.05) is 22.9 Å². The van der Waals surface area contributed by atoms with Gasteiger partial charge in [0.1, 0.15) is 0 Å². The van der Waals surface area contributed by atoms with E-state index in [1.807, 2.05) is 32.0 Å². The molecule has 0 saturated carbocycles. The molecule has 0 saturated heterocycles. The van der Waals surface area contributed by atoms with Crippen molar-refractivity contribution in [2.24, 2.45) is 10.9 Å². The molecule has 17 heavy (non-hydrogen) atoms. The topological polar surface area (TPSA) is 78.9 Å². The quantitative estimate of drug-likeness (QED) is 0.356. The molecule has 0 radical (unpaired) electrons. The van der Waals surface area contributed by atoms with E-state index < -0.39 is 0 Å². The molecule has 1 rings (SSSR count). The van der Waals surface area contributed by atoms with Crippen molar-refractivity contribution in [2.45, 2.75) is 13.8 Å². The number of likely N-dealkylation sites (N-methyl/N-ethyl adjacent to an activating group) is 1. The van der Waals surface area contributed by atoms with Crippen LogP contribution in [0.4, 0.5) is 0 Å². The summed E-state index contributed by atoms with van der Waals surface area (Å²) in [6.07, 6.45) is 0. The third-order valence-corrected chi connectivity index (χ3v) is 2.50. The summed E-state index contributed by atoms with van der Waals surface area (Å²) in [5, 5.41) is 11.3. The Morgan fingerprint density at radius 1 is 1.47 bits per heavy atom. The zero-order valence-electron chi connectivity index (χ0n) is 10.3. The highest BCUT2D eigenvalue weighted by Crippen LogP contribution is 2.12. The molecule has 5 heteroatoms. The average molecular weight is 235 g/mol. The number of oxime groups is 1. The summed E-state index contributed by atoms with van der Waals surface area (Å²) in [6, 6.07) is 5.69. The van der Waals surface area contributed by atoms with E-state index in [9.17, 15) is 4.79 Å². The Hall–Kier alpha value is -2.04. The number of amides is 1. The molecule has 92 valence electrons. The first-order chi connectivity index (χ1) is 7.95. The van der Waals surface area contributed by atoms with Crippen LogP contribution in [-0.4, -0.2) is 35.4 Å². The number of rotatable bonds is 3. The Balaban J connectivity index is 2.92. The minimum Gasteiger partial charge on any atom is -0.409 e. The van der Waals surface area contributed by atoms with Gasteiger partial charge in [-0.3, -0.25) is 4.79 Å². The summed E-state index contributed by atoms with van der Waals surface area (Å²) in [7, 11) is 1.61. The molecule has 0 unspecified atom stereocenters. The minimum atomic E-state index is -0.141. The fourth-order valence-electron chi connectivity index (χ4n) is 1.52. The molecule has 0 aliphatic carbocycles. The highest BCUT2D eigenvalue weighted by atomic mass is 16.4. The Bertz CT molecular complexity index is 455. The van der Waals surface area contributed by atoms with E-state index in [2.05, 4.69) is 5.16 Å². The number of hydrogen-bond donors (Lipinski definition) is 2. The zero-order valence-corrected chi connectivity index (χ0v) is 10.3. The van der Waals surface area contributed by atoms with Crippen molar-refractivity contribution in [3.63, 3.8) is 0 Å². The molecule has 0 bridgehead atoms. The lowest BCUT2D eigenvalue weighted by Crippen LogP contribution is -2.35. The zero-order chi connectivity index (χ0) is 13.0. The summed E-state index contributed by atoms with van der Waals surface area (Å²) in [5.74, 6) is -0.135. The van der Waals surface area contributed by atoms with Gasteiger partial charge in [-0.2, -0.15) is 0 Å². The average Bonchev–Trinajstić information content (AvgIpc) is 2.31. The van der Waals surface area contributed by atoms with E-state index in [0.717, 1.165) is 11.1 Å². The Kier molecular flexibility index (Phi) is 4.09. The molecule has 0 aliphatic heterocycles. The van der Waals surface area contributed by atoms with Crippen LogP contribution in [0.25, 0.3) is 0 Å². The van der Waals surface area contributed by atoms with Gasteiger partial charge in [-0.25, -0.2) is 0 Å². The summed E-state index contributed by atoms with van der Waals surface area (Å²) >= 11 is 0. The van der Waals surface area contributed by atoms with E-state index in [1.54, 1.807) is 7.05 Å². The molecular weight excluding hydrogens is 218 g/mol. The summed E-state index contributed by atoms with van der Waals surface area (Å²) in [4.78, 5) is 13.5. The second-order valence-corrected chi connectivity index (χ2v) is 4.07. The highest BCUT2D eigenvalue weighted by Gasteiger charge is 2.15. The number of benzene rings is 1.